The Balaban J connectivity index is 1.72. The predicted molar refractivity (Wildman–Crippen MR) is 121 cm³/mol. The highest BCUT2D eigenvalue weighted by Crippen LogP contribution is 2.32. The first-order valence-electron chi connectivity index (χ1n) is 10.1. The molecule has 1 fully saturated rings. The van der Waals surface area contributed by atoms with Crippen LogP contribution in [0.15, 0.2) is 77.7 Å². The number of carbonyl (C=O) groups is 1. The molecule has 0 aliphatic carbocycles. The van der Waals surface area contributed by atoms with Crippen molar-refractivity contribution in [2.75, 3.05) is 37.4 Å². The van der Waals surface area contributed by atoms with E-state index >= 15 is 0 Å². The van der Waals surface area contributed by atoms with Gasteiger partial charge in [0.25, 0.3) is 5.91 Å². The lowest BCUT2D eigenvalue weighted by molar-refractivity contribution is 0.0730. The second-order valence-corrected chi connectivity index (χ2v) is 9.07. The number of hydrogen-bond acceptors (Lipinski definition) is 6. The maximum atomic E-state index is 13.1. The molecule has 0 aromatic heterocycles. The Morgan fingerprint density at radius 3 is 2.34 bits per heavy atom. The number of para-hydroxylation sites is 3. The van der Waals surface area contributed by atoms with Crippen molar-refractivity contribution < 1.29 is 22.7 Å². The van der Waals surface area contributed by atoms with Crippen LogP contribution in [-0.2, 0) is 14.8 Å². The van der Waals surface area contributed by atoms with Crippen molar-refractivity contribution in [3.8, 4) is 11.5 Å². The summed E-state index contributed by atoms with van der Waals surface area (Å²) in [6, 6.07) is 20.0. The maximum Gasteiger partial charge on any atom is 0.259 e. The number of morpholine rings is 1. The van der Waals surface area contributed by atoms with Crippen molar-refractivity contribution in [2.45, 2.75) is 4.90 Å². The Bertz CT molecular complexity index is 1210. The van der Waals surface area contributed by atoms with Gasteiger partial charge < -0.3 is 20.5 Å². The lowest BCUT2D eigenvalue weighted by Crippen LogP contribution is -2.40. The van der Waals surface area contributed by atoms with Gasteiger partial charge in [0, 0.05) is 18.8 Å². The molecule has 1 aliphatic heterocycles. The van der Waals surface area contributed by atoms with Crippen molar-refractivity contribution in [2.24, 2.45) is 0 Å². The lowest BCUT2D eigenvalue weighted by Gasteiger charge is -2.26. The number of benzene rings is 3. The molecule has 4 rings (SSSR count). The van der Waals surface area contributed by atoms with Gasteiger partial charge in [0.1, 0.15) is 11.5 Å². The van der Waals surface area contributed by atoms with Gasteiger partial charge >= 0.3 is 0 Å². The largest absolute Gasteiger partial charge is 0.454 e. The minimum atomic E-state index is -3.80. The van der Waals surface area contributed by atoms with Gasteiger partial charge in [0.2, 0.25) is 10.0 Å². The first-order valence-corrected chi connectivity index (χ1v) is 11.5. The highest BCUT2D eigenvalue weighted by atomic mass is 32.2. The molecule has 0 atom stereocenters. The van der Waals surface area contributed by atoms with E-state index in [1.807, 2.05) is 6.07 Å². The SMILES string of the molecule is Nc1ccccc1Oc1ccc(S(=O)(=O)N2CCOCC2)cc1C(=O)Nc1ccccc1. The molecule has 3 aromatic carbocycles. The molecular formula is C23H23N3O5S. The predicted octanol–water partition coefficient (Wildman–Crippen LogP) is 3.33. The molecule has 0 bridgehead atoms. The summed E-state index contributed by atoms with van der Waals surface area (Å²) < 4.78 is 38.7. The van der Waals surface area contributed by atoms with Gasteiger partial charge in [0.15, 0.2) is 0 Å². The number of nitrogen functional groups attached to an aromatic ring is 1. The van der Waals surface area contributed by atoms with E-state index in [9.17, 15) is 13.2 Å². The Labute approximate surface area is 186 Å². The van der Waals surface area contributed by atoms with Crippen LogP contribution in [0.1, 0.15) is 10.4 Å². The molecular weight excluding hydrogens is 430 g/mol. The maximum absolute atomic E-state index is 13.1. The van der Waals surface area contributed by atoms with Crippen LogP contribution in [0.4, 0.5) is 11.4 Å². The molecule has 0 unspecified atom stereocenters. The standard InChI is InChI=1S/C23H23N3O5S/c24-20-8-4-5-9-22(20)31-21-11-10-18(32(28,29)26-12-14-30-15-13-26)16-19(21)23(27)25-17-6-2-1-3-7-17/h1-11,16H,12-15,24H2,(H,25,27). The number of nitrogens with two attached hydrogens (primary N) is 1. The number of sulfonamides is 1. The van der Waals surface area contributed by atoms with Crippen LogP contribution in [0.3, 0.4) is 0 Å². The van der Waals surface area contributed by atoms with E-state index < -0.39 is 15.9 Å². The summed E-state index contributed by atoms with van der Waals surface area (Å²) in [5, 5.41) is 2.78. The monoisotopic (exact) mass is 453 g/mol. The van der Waals surface area contributed by atoms with E-state index in [1.54, 1.807) is 48.5 Å². The summed E-state index contributed by atoms with van der Waals surface area (Å²) in [6.45, 7) is 1.17. The minimum absolute atomic E-state index is 0.00555. The van der Waals surface area contributed by atoms with Crippen LogP contribution in [0.5, 0.6) is 11.5 Å². The summed E-state index contributed by atoms with van der Waals surface area (Å²) in [6.07, 6.45) is 0. The molecule has 1 heterocycles. The Hall–Kier alpha value is -3.40. The van der Waals surface area contributed by atoms with E-state index in [2.05, 4.69) is 5.32 Å². The number of nitrogens with zero attached hydrogens (tertiary/aromatic N) is 1. The molecule has 0 saturated carbocycles. The average Bonchev–Trinajstić information content (AvgIpc) is 2.82. The number of carbonyl (C=O) groups excluding carboxylic acids is 1. The number of nitrogens with one attached hydrogen (secondary N) is 1. The highest BCUT2D eigenvalue weighted by Gasteiger charge is 2.28. The molecule has 1 saturated heterocycles. The first-order chi connectivity index (χ1) is 15.4. The smallest absolute Gasteiger partial charge is 0.259 e. The number of rotatable bonds is 6. The zero-order valence-corrected chi connectivity index (χ0v) is 18.0. The zero-order valence-electron chi connectivity index (χ0n) is 17.2. The number of ether oxygens (including phenoxy) is 2. The summed E-state index contributed by atoms with van der Waals surface area (Å²) in [4.78, 5) is 13.1. The van der Waals surface area contributed by atoms with E-state index in [4.69, 9.17) is 15.2 Å². The summed E-state index contributed by atoms with van der Waals surface area (Å²) >= 11 is 0. The fraction of sp³-hybridized carbons (Fsp3) is 0.174. The number of amides is 1. The topological polar surface area (TPSA) is 111 Å². The normalized spacial score (nSPS) is 14.6. The van der Waals surface area contributed by atoms with Gasteiger partial charge in [-0.15, -0.1) is 0 Å². The Morgan fingerprint density at radius 2 is 1.62 bits per heavy atom. The molecule has 9 heteroatoms. The molecule has 0 spiro atoms. The van der Waals surface area contributed by atoms with Crippen molar-refractivity contribution in [1.82, 2.24) is 4.31 Å². The molecule has 8 nitrogen and oxygen atoms in total. The van der Waals surface area contributed by atoms with Gasteiger partial charge in [-0.05, 0) is 42.5 Å². The van der Waals surface area contributed by atoms with Gasteiger partial charge in [0.05, 0.1) is 29.4 Å². The van der Waals surface area contributed by atoms with Gasteiger partial charge in [-0.2, -0.15) is 4.31 Å². The first kappa shape index (κ1) is 21.8. The van der Waals surface area contributed by atoms with Crippen molar-refractivity contribution in [3.63, 3.8) is 0 Å². The summed E-state index contributed by atoms with van der Waals surface area (Å²) in [7, 11) is -3.80. The third-order valence-corrected chi connectivity index (χ3v) is 6.87. The molecule has 3 aromatic rings. The fourth-order valence-electron chi connectivity index (χ4n) is 3.28. The fourth-order valence-corrected chi connectivity index (χ4v) is 4.72. The van der Waals surface area contributed by atoms with Gasteiger partial charge in [-0.25, -0.2) is 8.42 Å². The molecule has 0 radical (unpaired) electrons. The molecule has 1 amide bonds. The van der Waals surface area contributed by atoms with E-state index in [-0.39, 0.29) is 29.3 Å². The van der Waals surface area contributed by atoms with E-state index in [1.165, 1.54) is 22.5 Å². The molecule has 166 valence electrons. The lowest BCUT2D eigenvalue weighted by atomic mass is 10.1. The third kappa shape index (κ3) is 4.75. The van der Waals surface area contributed by atoms with E-state index in [0.717, 1.165) is 0 Å². The quantitative estimate of drug-likeness (QED) is 0.554. The Kier molecular flexibility index (Phi) is 6.40. The second-order valence-electron chi connectivity index (χ2n) is 7.13. The molecule has 32 heavy (non-hydrogen) atoms. The van der Waals surface area contributed by atoms with Crippen LogP contribution < -0.4 is 15.8 Å². The van der Waals surface area contributed by atoms with Crippen LogP contribution in [0.2, 0.25) is 0 Å². The minimum Gasteiger partial charge on any atom is -0.454 e. The Morgan fingerprint density at radius 1 is 0.938 bits per heavy atom. The van der Waals surface area contributed by atoms with Gasteiger partial charge in [-0.1, -0.05) is 30.3 Å². The number of hydrogen-bond donors (Lipinski definition) is 2. The van der Waals surface area contributed by atoms with Crippen molar-refractivity contribution in [3.05, 3.63) is 78.4 Å². The van der Waals surface area contributed by atoms with Crippen LogP contribution in [-0.4, -0.2) is 44.9 Å². The summed E-state index contributed by atoms with van der Waals surface area (Å²) in [5.74, 6) is 0.0574. The van der Waals surface area contributed by atoms with E-state index in [0.29, 0.717) is 30.3 Å². The molecule has 1 aliphatic rings. The van der Waals surface area contributed by atoms with Gasteiger partial charge in [-0.3, -0.25) is 4.79 Å². The molecule has 3 N–H and O–H groups in total. The second kappa shape index (κ2) is 9.39. The number of anilines is 2. The zero-order chi connectivity index (χ0) is 22.6. The average molecular weight is 454 g/mol. The van der Waals surface area contributed by atoms with Crippen LogP contribution in [0.25, 0.3) is 0 Å². The highest BCUT2D eigenvalue weighted by molar-refractivity contribution is 7.89. The van der Waals surface area contributed by atoms with Crippen molar-refractivity contribution in [1.29, 1.82) is 0 Å². The van der Waals surface area contributed by atoms with Crippen LogP contribution >= 0.6 is 0 Å². The van der Waals surface area contributed by atoms with Crippen LogP contribution in [0, 0.1) is 0 Å². The summed E-state index contributed by atoms with van der Waals surface area (Å²) in [5.41, 5.74) is 7.02. The van der Waals surface area contributed by atoms with Crippen molar-refractivity contribution >= 4 is 27.3 Å². The third-order valence-electron chi connectivity index (χ3n) is 4.97.